The van der Waals surface area contributed by atoms with E-state index in [9.17, 15) is 4.39 Å². The molecule has 0 saturated heterocycles. The lowest BCUT2D eigenvalue weighted by Gasteiger charge is -2.02. The van der Waals surface area contributed by atoms with Gasteiger partial charge in [-0.15, -0.1) is 0 Å². The molecule has 2 nitrogen and oxygen atoms in total. The molecular formula is C14H16FNO. The molecule has 0 spiro atoms. The fraction of sp³-hybridized carbons (Fsp3) is 0.286. The van der Waals surface area contributed by atoms with Gasteiger partial charge in [0.15, 0.2) is 0 Å². The van der Waals surface area contributed by atoms with E-state index in [2.05, 4.69) is 5.32 Å². The van der Waals surface area contributed by atoms with Crippen LogP contribution in [0.3, 0.4) is 0 Å². The van der Waals surface area contributed by atoms with Gasteiger partial charge in [-0.3, -0.25) is 0 Å². The Bertz CT molecular complexity index is 505. The van der Waals surface area contributed by atoms with Gasteiger partial charge in [-0.1, -0.05) is 6.92 Å². The number of halogens is 1. The van der Waals surface area contributed by atoms with E-state index < -0.39 is 0 Å². The first-order valence-corrected chi connectivity index (χ1v) is 5.76. The number of hydrogen-bond acceptors (Lipinski definition) is 2. The highest BCUT2D eigenvalue weighted by Gasteiger charge is 2.07. The summed E-state index contributed by atoms with van der Waals surface area (Å²) in [5.41, 5.74) is 1.82. The Morgan fingerprint density at radius 1 is 1.24 bits per heavy atom. The van der Waals surface area contributed by atoms with Crippen molar-refractivity contribution in [1.29, 1.82) is 0 Å². The maximum Gasteiger partial charge on any atom is 0.134 e. The first kappa shape index (κ1) is 11.9. The Morgan fingerprint density at radius 3 is 2.76 bits per heavy atom. The van der Waals surface area contributed by atoms with Gasteiger partial charge in [-0.05, 0) is 49.4 Å². The minimum atomic E-state index is -0.217. The van der Waals surface area contributed by atoms with Crippen LogP contribution < -0.4 is 5.32 Å². The quantitative estimate of drug-likeness (QED) is 0.874. The molecule has 0 aliphatic rings. The summed E-state index contributed by atoms with van der Waals surface area (Å²) in [6, 6.07) is 8.59. The van der Waals surface area contributed by atoms with Crippen molar-refractivity contribution in [3.05, 3.63) is 47.5 Å². The first-order valence-electron chi connectivity index (χ1n) is 5.76. The van der Waals surface area contributed by atoms with Crippen LogP contribution in [-0.2, 0) is 6.54 Å². The molecule has 0 amide bonds. The summed E-state index contributed by atoms with van der Waals surface area (Å²) >= 11 is 0. The Labute approximate surface area is 100 Å². The molecule has 0 unspecified atom stereocenters. The Kier molecular flexibility index (Phi) is 3.59. The minimum Gasteiger partial charge on any atom is -0.460 e. The molecule has 0 aliphatic heterocycles. The van der Waals surface area contributed by atoms with Crippen LogP contribution in [0.5, 0.6) is 0 Å². The van der Waals surface area contributed by atoms with Crippen molar-refractivity contribution >= 4 is 0 Å². The van der Waals surface area contributed by atoms with Crippen molar-refractivity contribution in [2.24, 2.45) is 0 Å². The highest BCUT2D eigenvalue weighted by Crippen LogP contribution is 2.25. The van der Waals surface area contributed by atoms with E-state index >= 15 is 0 Å². The summed E-state index contributed by atoms with van der Waals surface area (Å²) < 4.78 is 18.7. The number of hydrogen-bond donors (Lipinski definition) is 1. The van der Waals surface area contributed by atoms with Gasteiger partial charge in [0.2, 0.25) is 0 Å². The number of furan rings is 1. The molecular weight excluding hydrogens is 217 g/mol. The van der Waals surface area contributed by atoms with Gasteiger partial charge in [0.25, 0.3) is 0 Å². The fourth-order valence-corrected chi connectivity index (χ4v) is 1.77. The molecule has 0 fully saturated rings. The van der Waals surface area contributed by atoms with Crippen LogP contribution in [0.1, 0.15) is 18.2 Å². The molecule has 2 rings (SSSR count). The summed E-state index contributed by atoms with van der Waals surface area (Å²) in [5, 5.41) is 3.20. The molecule has 1 aromatic carbocycles. The van der Waals surface area contributed by atoms with Gasteiger partial charge >= 0.3 is 0 Å². The third kappa shape index (κ3) is 2.74. The lowest BCUT2D eigenvalue weighted by molar-refractivity contribution is 0.498. The molecule has 0 atom stereocenters. The average molecular weight is 233 g/mol. The van der Waals surface area contributed by atoms with Crippen LogP contribution in [0.25, 0.3) is 11.3 Å². The van der Waals surface area contributed by atoms with Gasteiger partial charge in [0.05, 0.1) is 6.54 Å². The third-order valence-electron chi connectivity index (χ3n) is 2.66. The first-order chi connectivity index (χ1) is 8.20. The second kappa shape index (κ2) is 5.15. The lowest BCUT2D eigenvalue weighted by Crippen LogP contribution is -2.10. The van der Waals surface area contributed by atoms with Crippen LogP contribution in [-0.4, -0.2) is 6.54 Å². The van der Waals surface area contributed by atoms with Crippen LogP contribution >= 0.6 is 0 Å². The monoisotopic (exact) mass is 233 g/mol. The van der Waals surface area contributed by atoms with Gasteiger partial charge in [0, 0.05) is 5.56 Å². The van der Waals surface area contributed by atoms with Gasteiger partial charge < -0.3 is 9.73 Å². The molecule has 0 radical (unpaired) electrons. The topological polar surface area (TPSA) is 25.2 Å². The molecule has 17 heavy (non-hydrogen) atoms. The van der Waals surface area contributed by atoms with Crippen LogP contribution in [0.2, 0.25) is 0 Å². The maximum absolute atomic E-state index is 13.0. The zero-order valence-corrected chi connectivity index (χ0v) is 10.1. The molecule has 2 aromatic rings. The maximum atomic E-state index is 13.0. The summed E-state index contributed by atoms with van der Waals surface area (Å²) in [6.45, 7) is 5.56. The summed E-state index contributed by atoms with van der Waals surface area (Å²) in [4.78, 5) is 0. The molecule has 0 saturated carbocycles. The second-order valence-electron chi connectivity index (χ2n) is 4.01. The van der Waals surface area contributed by atoms with Crippen molar-refractivity contribution in [2.75, 3.05) is 6.54 Å². The highest BCUT2D eigenvalue weighted by molar-refractivity contribution is 5.61. The molecule has 0 bridgehead atoms. The number of benzene rings is 1. The standard InChI is InChI=1S/C14H16FNO/c1-3-16-9-12-5-7-14(17-12)13-6-4-11(15)8-10(13)2/h4-8,16H,3,9H2,1-2H3. The SMILES string of the molecule is CCNCc1ccc(-c2ccc(F)cc2C)o1. The van der Waals surface area contributed by atoms with Crippen molar-refractivity contribution in [1.82, 2.24) is 5.32 Å². The molecule has 0 aliphatic carbocycles. The Hall–Kier alpha value is -1.61. The van der Waals surface area contributed by atoms with E-state index in [-0.39, 0.29) is 5.82 Å². The lowest BCUT2D eigenvalue weighted by atomic mass is 10.1. The van der Waals surface area contributed by atoms with Gasteiger partial charge in [-0.2, -0.15) is 0 Å². The highest BCUT2D eigenvalue weighted by atomic mass is 19.1. The van der Waals surface area contributed by atoms with Crippen LogP contribution in [0.15, 0.2) is 34.7 Å². The number of rotatable bonds is 4. The second-order valence-corrected chi connectivity index (χ2v) is 4.01. The third-order valence-corrected chi connectivity index (χ3v) is 2.66. The largest absolute Gasteiger partial charge is 0.460 e. The molecule has 1 N–H and O–H groups in total. The van der Waals surface area contributed by atoms with Gasteiger partial charge in [-0.25, -0.2) is 4.39 Å². The Balaban J connectivity index is 2.24. The van der Waals surface area contributed by atoms with E-state index in [1.807, 2.05) is 26.0 Å². The van der Waals surface area contributed by atoms with Crippen molar-refractivity contribution in [3.63, 3.8) is 0 Å². The minimum absolute atomic E-state index is 0.217. The average Bonchev–Trinajstić information content (AvgIpc) is 2.75. The van der Waals surface area contributed by atoms with Crippen molar-refractivity contribution in [3.8, 4) is 11.3 Å². The molecule has 3 heteroatoms. The van der Waals surface area contributed by atoms with E-state index in [1.54, 1.807) is 6.07 Å². The molecule has 90 valence electrons. The zero-order valence-electron chi connectivity index (χ0n) is 10.1. The fourth-order valence-electron chi connectivity index (χ4n) is 1.77. The zero-order chi connectivity index (χ0) is 12.3. The van der Waals surface area contributed by atoms with Crippen LogP contribution in [0.4, 0.5) is 4.39 Å². The van der Waals surface area contributed by atoms with Crippen molar-refractivity contribution < 1.29 is 8.81 Å². The van der Waals surface area contributed by atoms with E-state index in [1.165, 1.54) is 12.1 Å². The molecule has 1 heterocycles. The predicted molar refractivity (Wildman–Crippen MR) is 66.2 cm³/mol. The van der Waals surface area contributed by atoms with Crippen molar-refractivity contribution in [2.45, 2.75) is 20.4 Å². The van der Waals surface area contributed by atoms with Gasteiger partial charge in [0.1, 0.15) is 17.3 Å². The van der Waals surface area contributed by atoms with Crippen LogP contribution in [0, 0.1) is 12.7 Å². The number of nitrogens with one attached hydrogen (secondary N) is 1. The summed E-state index contributed by atoms with van der Waals surface area (Å²) in [6.07, 6.45) is 0. The normalized spacial score (nSPS) is 10.8. The van der Waals surface area contributed by atoms with E-state index in [4.69, 9.17) is 4.42 Å². The van der Waals surface area contributed by atoms with E-state index in [0.29, 0.717) is 0 Å². The Morgan fingerprint density at radius 2 is 2.06 bits per heavy atom. The predicted octanol–water partition coefficient (Wildman–Crippen LogP) is 3.50. The smallest absolute Gasteiger partial charge is 0.134 e. The summed E-state index contributed by atoms with van der Waals surface area (Å²) in [7, 11) is 0. The molecule has 1 aromatic heterocycles. The summed E-state index contributed by atoms with van der Waals surface area (Å²) in [5.74, 6) is 1.46. The number of aryl methyl sites for hydroxylation is 1. The van der Waals surface area contributed by atoms with E-state index in [0.717, 1.165) is 35.7 Å².